The molecule has 1 unspecified atom stereocenters. The van der Waals surface area contributed by atoms with E-state index in [-0.39, 0.29) is 0 Å². The summed E-state index contributed by atoms with van der Waals surface area (Å²) in [6.07, 6.45) is 6.58. The Bertz CT molecular complexity index is 347. The maximum absolute atomic E-state index is 5.03. The monoisotopic (exact) mass is 252 g/mol. The first-order valence-electron chi connectivity index (χ1n) is 6.79. The van der Waals surface area contributed by atoms with E-state index in [2.05, 4.69) is 26.7 Å². The van der Waals surface area contributed by atoms with Gasteiger partial charge in [-0.3, -0.25) is 4.90 Å². The number of anilines is 1. The van der Waals surface area contributed by atoms with E-state index in [0.29, 0.717) is 12.6 Å². The molecule has 5 heteroatoms. The summed E-state index contributed by atoms with van der Waals surface area (Å²) in [5.74, 6) is 0.943. The van der Waals surface area contributed by atoms with E-state index in [1.165, 1.54) is 25.9 Å². The number of hydrogen-bond donors (Lipinski definition) is 1. The minimum Gasteiger partial charge on any atom is -0.383 e. The van der Waals surface area contributed by atoms with Crippen LogP contribution in [0.15, 0.2) is 12.4 Å². The van der Waals surface area contributed by atoms with Gasteiger partial charge >= 0.3 is 0 Å². The minimum absolute atomic E-state index is 0.574. The number of aromatic nitrogens is 2. The van der Waals surface area contributed by atoms with E-state index in [1.807, 2.05) is 12.4 Å². The zero-order valence-corrected chi connectivity index (χ0v) is 11.4. The molecule has 0 aromatic carbocycles. The first kappa shape index (κ1) is 13.4. The van der Waals surface area contributed by atoms with Gasteiger partial charge in [0.05, 0.1) is 6.61 Å². The van der Waals surface area contributed by atoms with Crippen molar-refractivity contribution in [1.29, 1.82) is 0 Å². The lowest BCUT2D eigenvalue weighted by atomic mass is 10.3. The predicted molar refractivity (Wildman–Crippen MR) is 72.9 cm³/mol. The van der Waals surface area contributed by atoms with Crippen molar-refractivity contribution >= 4 is 5.95 Å². The van der Waals surface area contributed by atoms with Gasteiger partial charge in [0.2, 0.25) is 5.95 Å². The number of ether oxygens (including phenoxy) is 1. The first-order valence-corrected chi connectivity index (χ1v) is 6.79. The third-order valence-electron chi connectivity index (χ3n) is 3.53. The molecule has 2 rings (SSSR count). The van der Waals surface area contributed by atoms with Crippen molar-refractivity contribution in [3.63, 3.8) is 0 Å². The highest BCUT2D eigenvalue weighted by molar-refractivity contribution is 5.25. The highest BCUT2D eigenvalue weighted by atomic mass is 16.5. The Hall–Kier alpha value is -1.07. The molecule has 1 N–H and O–H groups in total. The van der Waals surface area contributed by atoms with Crippen molar-refractivity contribution in [3.8, 4) is 0 Å². The molecule has 0 bridgehead atoms. The van der Waals surface area contributed by atoms with E-state index in [1.54, 1.807) is 7.11 Å². The van der Waals surface area contributed by atoms with Crippen LogP contribution in [0.1, 0.15) is 19.8 Å². The van der Waals surface area contributed by atoms with Crippen LogP contribution in [-0.4, -0.2) is 53.8 Å². The standard InChI is InChI=1S/C13H24N4O/c1-12(16-7-3-4-8-16)11-17-9-5-14-13(17)15-6-10-18-2/h5,9,12H,3-4,6-8,10-11H2,1-2H3,(H,14,15). The van der Waals surface area contributed by atoms with Crippen LogP contribution in [0, 0.1) is 0 Å². The smallest absolute Gasteiger partial charge is 0.202 e. The Kier molecular flexibility index (Phi) is 5.01. The van der Waals surface area contributed by atoms with E-state index < -0.39 is 0 Å². The third-order valence-corrected chi connectivity index (χ3v) is 3.53. The van der Waals surface area contributed by atoms with E-state index in [0.717, 1.165) is 19.0 Å². The molecule has 5 nitrogen and oxygen atoms in total. The van der Waals surface area contributed by atoms with Crippen LogP contribution in [-0.2, 0) is 11.3 Å². The summed E-state index contributed by atoms with van der Waals surface area (Å²) in [5.41, 5.74) is 0. The normalized spacial score (nSPS) is 18.1. The number of nitrogens with zero attached hydrogens (tertiary/aromatic N) is 3. The summed E-state index contributed by atoms with van der Waals surface area (Å²) in [5, 5.41) is 3.30. The lowest BCUT2D eigenvalue weighted by Crippen LogP contribution is -2.33. The van der Waals surface area contributed by atoms with Gasteiger partial charge in [-0.15, -0.1) is 0 Å². The van der Waals surface area contributed by atoms with Crippen LogP contribution in [0.5, 0.6) is 0 Å². The van der Waals surface area contributed by atoms with Crippen molar-refractivity contribution < 1.29 is 4.74 Å². The largest absolute Gasteiger partial charge is 0.383 e. The average Bonchev–Trinajstić information content (AvgIpc) is 3.01. The molecule has 1 aliphatic rings. The van der Waals surface area contributed by atoms with Crippen LogP contribution in [0.2, 0.25) is 0 Å². The fraction of sp³-hybridized carbons (Fsp3) is 0.769. The maximum atomic E-state index is 5.03. The van der Waals surface area contributed by atoms with Gasteiger partial charge in [0.15, 0.2) is 0 Å². The van der Waals surface area contributed by atoms with Gasteiger partial charge < -0.3 is 14.6 Å². The number of rotatable bonds is 7. The highest BCUT2D eigenvalue weighted by Gasteiger charge is 2.18. The topological polar surface area (TPSA) is 42.3 Å². The molecule has 1 fully saturated rings. The van der Waals surface area contributed by atoms with Gasteiger partial charge in [-0.2, -0.15) is 0 Å². The van der Waals surface area contributed by atoms with Gasteiger partial charge in [0.25, 0.3) is 0 Å². The summed E-state index contributed by atoms with van der Waals surface area (Å²) in [6.45, 7) is 7.27. The fourth-order valence-electron chi connectivity index (χ4n) is 2.47. The van der Waals surface area contributed by atoms with E-state index in [9.17, 15) is 0 Å². The molecular weight excluding hydrogens is 228 g/mol. The van der Waals surface area contributed by atoms with Gasteiger partial charge in [-0.25, -0.2) is 4.98 Å². The quantitative estimate of drug-likeness (QED) is 0.745. The van der Waals surface area contributed by atoms with Gasteiger partial charge in [0, 0.05) is 38.6 Å². The maximum Gasteiger partial charge on any atom is 0.202 e. The zero-order valence-electron chi connectivity index (χ0n) is 11.4. The highest BCUT2D eigenvalue weighted by Crippen LogP contribution is 2.14. The van der Waals surface area contributed by atoms with Gasteiger partial charge in [0.1, 0.15) is 0 Å². The molecule has 0 aliphatic carbocycles. The van der Waals surface area contributed by atoms with E-state index in [4.69, 9.17) is 4.74 Å². The SMILES string of the molecule is COCCNc1nccn1CC(C)N1CCCC1. The Morgan fingerprint density at radius 2 is 2.22 bits per heavy atom. The van der Waals surface area contributed by atoms with Gasteiger partial charge in [-0.1, -0.05) is 0 Å². The van der Waals surface area contributed by atoms with Crippen molar-refractivity contribution in [3.05, 3.63) is 12.4 Å². The third kappa shape index (κ3) is 3.46. The Morgan fingerprint density at radius 3 is 2.94 bits per heavy atom. The molecule has 0 radical (unpaired) electrons. The lowest BCUT2D eigenvalue weighted by Gasteiger charge is -2.24. The molecule has 2 heterocycles. The fourth-order valence-corrected chi connectivity index (χ4v) is 2.47. The average molecular weight is 252 g/mol. The number of methoxy groups -OCH3 is 1. The summed E-state index contributed by atoms with van der Waals surface area (Å²) >= 11 is 0. The molecule has 1 atom stereocenters. The second-order valence-corrected chi connectivity index (χ2v) is 4.91. The van der Waals surface area contributed by atoms with Crippen LogP contribution in [0.25, 0.3) is 0 Å². The van der Waals surface area contributed by atoms with Gasteiger partial charge in [-0.05, 0) is 32.9 Å². The molecule has 102 valence electrons. The molecule has 1 aromatic rings. The summed E-state index contributed by atoms with van der Waals surface area (Å²) < 4.78 is 7.23. The van der Waals surface area contributed by atoms with Crippen LogP contribution in [0.3, 0.4) is 0 Å². The predicted octanol–water partition coefficient (Wildman–Crippen LogP) is 1.43. The van der Waals surface area contributed by atoms with Crippen molar-refractivity contribution in [2.75, 3.05) is 38.7 Å². The summed E-state index contributed by atoms with van der Waals surface area (Å²) in [6, 6.07) is 0.574. The lowest BCUT2D eigenvalue weighted by molar-refractivity contribution is 0.210. The van der Waals surface area contributed by atoms with Crippen LogP contribution < -0.4 is 5.32 Å². The summed E-state index contributed by atoms with van der Waals surface area (Å²) in [7, 11) is 1.71. The second kappa shape index (κ2) is 6.75. The number of hydrogen-bond acceptors (Lipinski definition) is 4. The van der Waals surface area contributed by atoms with Crippen molar-refractivity contribution in [2.24, 2.45) is 0 Å². The number of likely N-dealkylation sites (tertiary alicyclic amines) is 1. The molecule has 0 spiro atoms. The first-order chi connectivity index (χ1) is 8.81. The zero-order chi connectivity index (χ0) is 12.8. The van der Waals surface area contributed by atoms with E-state index >= 15 is 0 Å². The molecule has 0 saturated carbocycles. The van der Waals surface area contributed by atoms with Crippen molar-refractivity contribution in [1.82, 2.24) is 14.5 Å². The Morgan fingerprint density at radius 1 is 1.44 bits per heavy atom. The van der Waals surface area contributed by atoms with Crippen LogP contribution >= 0.6 is 0 Å². The van der Waals surface area contributed by atoms with Crippen molar-refractivity contribution in [2.45, 2.75) is 32.4 Å². The molecule has 1 aromatic heterocycles. The second-order valence-electron chi connectivity index (χ2n) is 4.91. The Balaban J connectivity index is 1.86. The minimum atomic E-state index is 0.574. The molecule has 1 aliphatic heterocycles. The summed E-state index contributed by atoms with van der Waals surface area (Å²) in [4.78, 5) is 6.90. The molecule has 18 heavy (non-hydrogen) atoms. The van der Waals surface area contributed by atoms with Crippen LogP contribution in [0.4, 0.5) is 5.95 Å². The number of nitrogens with one attached hydrogen (secondary N) is 1. The molecule has 1 saturated heterocycles. The Labute approximate surface area is 109 Å². The molecule has 0 amide bonds. The molecular formula is C13H24N4O. The number of imidazole rings is 1.